The van der Waals surface area contributed by atoms with Crippen LogP contribution in [0, 0.1) is 20.8 Å². The van der Waals surface area contributed by atoms with Crippen molar-refractivity contribution in [2.24, 2.45) is 0 Å². The summed E-state index contributed by atoms with van der Waals surface area (Å²) in [5.74, 6) is 0.705. The van der Waals surface area contributed by atoms with Crippen LogP contribution in [-0.4, -0.2) is 28.1 Å². The minimum atomic E-state index is -0.327. The molecule has 1 aliphatic heterocycles. The molecule has 3 N–H and O–H groups in total. The number of amides is 3. The summed E-state index contributed by atoms with van der Waals surface area (Å²) in [7, 11) is 0. The summed E-state index contributed by atoms with van der Waals surface area (Å²) < 4.78 is 9.53. The number of benzene rings is 1. The predicted octanol–water partition coefficient (Wildman–Crippen LogP) is 3.24. The molecule has 0 spiro atoms. The highest BCUT2D eigenvalue weighted by atomic mass is 32.1. The molecule has 3 rings (SSSR count). The van der Waals surface area contributed by atoms with Gasteiger partial charge in [-0.15, -0.1) is 5.10 Å². The Balaban J connectivity index is 1.78. The second-order valence-corrected chi connectivity index (χ2v) is 7.67. The van der Waals surface area contributed by atoms with Gasteiger partial charge in [-0.2, -0.15) is 0 Å². The van der Waals surface area contributed by atoms with Gasteiger partial charge >= 0.3 is 6.03 Å². The lowest BCUT2D eigenvalue weighted by molar-refractivity contribution is -0.118. The maximum Gasteiger partial charge on any atom is 0.319 e. The van der Waals surface area contributed by atoms with Crippen molar-refractivity contribution in [1.29, 1.82) is 0 Å². The van der Waals surface area contributed by atoms with Crippen LogP contribution in [0.3, 0.4) is 0 Å². The van der Waals surface area contributed by atoms with Crippen molar-refractivity contribution in [3.05, 3.63) is 27.3 Å². The van der Waals surface area contributed by atoms with E-state index in [4.69, 9.17) is 4.74 Å². The molecule has 0 fully saturated rings. The lowest BCUT2D eigenvalue weighted by Crippen LogP contribution is -2.30. The fourth-order valence-corrected chi connectivity index (χ4v) is 3.78. The average molecular weight is 389 g/mol. The van der Waals surface area contributed by atoms with Gasteiger partial charge in [0.05, 0.1) is 28.5 Å². The fraction of sp³-hybridized carbons (Fsp3) is 0.444. The Morgan fingerprint density at radius 1 is 1.26 bits per heavy atom. The van der Waals surface area contributed by atoms with E-state index in [1.54, 1.807) is 0 Å². The molecule has 1 aliphatic rings. The summed E-state index contributed by atoms with van der Waals surface area (Å²) in [6.07, 6.45) is 0. The lowest BCUT2D eigenvalue weighted by Gasteiger charge is -2.26. The van der Waals surface area contributed by atoms with Crippen molar-refractivity contribution in [3.63, 3.8) is 0 Å². The van der Waals surface area contributed by atoms with E-state index in [1.165, 1.54) is 11.5 Å². The lowest BCUT2D eigenvalue weighted by atomic mass is 9.99. The number of rotatable bonds is 4. The summed E-state index contributed by atoms with van der Waals surface area (Å²) in [4.78, 5) is 25.1. The van der Waals surface area contributed by atoms with Crippen LogP contribution in [0.5, 0.6) is 5.75 Å². The quantitative estimate of drug-likeness (QED) is 0.744. The van der Waals surface area contributed by atoms with Gasteiger partial charge in [-0.1, -0.05) is 18.3 Å². The first-order valence-corrected chi connectivity index (χ1v) is 9.49. The smallest absolute Gasteiger partial charge is 0.319 e. The molecular weight excluding hydrogens is 366 g/mol. The van der Waals surface area contributed by atoms with Crippen LogP contribution in [0.2, 0.25) is 0 Å². The van der Waals surface area contributed by atoms with Crippen LogP contribution < -0.4 is 20.7 Å². The molecule has 0 unspecified atom stereocenters. The predicted molar refractivity (Wildman–Crippen MR) is 105 cm³/mol. The Labute approximate surface area is 161 Å². The zero-order valence-corrected chi connectivity index (χ0v) is 16.8. The number of urea groups is 1. The number of nitrogens with one attached hydrogen (secondary N) is 3. The molecule has 0 radical (unpaired) electrons. The first-order valence-electron chi connectivity index (χ1n) is 8.72. The van der Waals surface area contributed by atoms with Crippen molar-refractivity contribution >= 4 is 34.8 Å². The van der Waals surface area contributed by atoms with E-state index in [0.29, 0.717) is 23.7 Å². The number of hydrogen-bond acceptors (Lipinski definition) is 6. The number of ether oxygens (including phenoxy) is 1. The minimum Gasteiger partial charge on any atom is -0.481 e. The molecule has 2 aromatic rings. The van der Waals surface area contributed by atoms with Crippen molar-refractivity contribution in [3.8, 4) is 5.75 Å². The van der Waals surface area contributed by atoms with Crippen LogP contribution in [0.15, 0.2) is 0 Å². The second kappa shape index (κ2) is 7.51. The zero-order chi connectivity index (χ0) is 19.7. The van der Waals surface area contributed by atoms with Gasteiger partial charge in [0, 0.05) is 5.56 Å². The maximum atomic E-state index is 12.5. The first-order chi connectivity index (χ1) is 12.8. The molecule has 0 saturated carbocycles. The SMILES string of the molecule is Cc1c(C)c2c(c(C)c1NC(=O)NCc1snnc1C(C)C)NC(=O)CO2. The average Bonchev–Trinajstić information content (AvgIpc) is 3.10. The third kappa shape index (κ3) is 3.73. The van der Waals surface area contributed by atoms with Crippen LogP contribution >= 0.6 is 11.5 Å². The standard InChI is InChI=1S/C18H23N5O3S/c1-8(2)14-12(27-23-22-14)6-19-18(25)21-15-9(3)10(4)17-16(11(15)5)20-13(24)7-26-17/h8H,6-7H2,1-5H3,(H,20,24)(H2,19,21,25). The third-order valence-electron chi connectivity index (χ3n) is 4.65. The first kappa shape index (κ1) is 19.1. The normalized spacial score (nSPS) is 13.0. The van der Waals surface area contributed by atoms with Crippen molar-refractivity contribution in [1.82, 2.24) is 14.9 Å². The number of carbonyl (C=O) groups is 2. The molecular formula is C18H23N5O3S. The van der Waals surface area contributed by atoms with Crippen LogP contribution in [0.4, 0.5) is 16.2 Å². The van der Waals surface area contributed by atoms with Crippen molar-refractivity contribution < 1.29 is 14.3 Å². The Kier molecular flexibility index (Phi) is 5.31. The van der Waals surface area contributed by atoms with Gasteiger partial charge in [-0.3, -0.25) is 4.79 Å². The fourth-order valence-electron chi connectivity index (χ4n) is 3.05. The second-order valence-electron chi connectivity index (χ2n) is 6.83. The summed E-state index contributed by atoms with van der Waals surface area (Å²) in [5.41, 5.74) is 4.73. The Hall–Kier alpha value is -2.68. The summed E-state index contributed by atoms with van der Waals surface area (Å²) in [6.45, 7) is 10.1. The summed E-state index contributed by atoms with van der Waals surface area (Å²) in [6, 6.07) is -0.327. The van der Waals surface area contributed by atoms with Gasteiger partial charge in [0.15, 0.2) is 6.61 Å². The number of aromatic nitrogens is 2. The van der Waals surface area contributed by atoms with E-state index in [2.05, 4.69) is 25.5 Å². The largest absolute Gasteiger partial charge is 0.481 e. The number of carbonyl (C=O) groups excluding carboxylic acids is 2. The van der Waals surface area contributed by atoms with Crippen LogP contribution in [0.1, 0.15) is 47.0 Å². The molecule has 0 atom stereocenters. The highest BCUT2D eigenvalue weighted by Crippen LogP contribution is 2.41. The van der Waals surface area contributed by atoms with Crippen LogP contribution in [0.25, 0.3) is 0 Å². The highest BCUT2D eigenvalue weighted by molar-refractivity contribution is 7.05. The molecule has 144 valence electrons. The van der Waals surface area contributed by atoms with Gasteiger partial charge in [-0.05, 0) is 49.3 Å². The maximum absolute atomic E-state index is 12.5. The number of fused-ring (bicyclic) bond motifs is 1. The van der Waals surface area contributed by atoms with Gasteiger partial charge in [0.1, 0.15) is 5.75 Å². The van der Waals surface area contributed by atoms with Gasteiger partial charge in [-0.25, -0.2) is 4.79 Å². The number of anilines is 2. The van der Waals surface area contributed by atoms with E-state index in [9.17, 15) is 9.59 Å². The summed E-state index contributed by atoms with van der Waals surface area (Å²) in [5, 5.41) is 12.7. The zero-order valence-electron chi connectivity index (χ0n) is 16.0. The monoisotopic (exact) mass is 389 g/mol. The molecule has 9 heteroatoms. The highest BCUT2D eigenvalue weighted by Gasteiger charge is 2.25. The Bertz CT molecular complexity index is 907. The number of hydrogen-bond donors (Lipinski definition) is 3. The molecule has 27 heavy (non-hydrogen) atoms. The number of nitrogens with zero attached hydrogens (tertiary/aromatic N) is 2. The van der Waals surface area contributed by atoms with E-state index >= 15 is 0 Å². The summed E-state index contributed by atoms with van der Waals surface area (Å²) >= 11 is 1.29. The Morgan fingerprint density at radius 2 is 2.00 bits per heavy atom. The third-order valence-corrected chi connectivity index (χ3v) is 5.38. The van der Waals surface area contributed by atoms with Gasteiger partial charge in [0.2, 0.25) is 0 Å². The molecule has 2 heterocycles. The molecule has 1 aromatic carbocycles. The molecule has 1 aromatic heterocycles. The molecule has 8 nitrogen and oxygen atoms in total. The molecule has 0 bridgehead atoms. The van der Waals surface area contributed by atoms with E-state index < -0.39 is 0 Å². The van der Waals surface area contributed by atoms with Crippen molar-refractivity contribution in [2.45, 2.75) is 47.1 Å². The van der Waals surface area contributed by atoms with Crippen molar-refractivity contribution in [2.75, 3.05) is 17.2 Å². The molecule has 0 saturated heterocycles. The molecule has 3 amide bonds. The van der Waals surface area contributed by atoms with E-state index in [0.717, 1.165) is 27.3 Å². The van der Waals surface area contributed by atoms with Crippen LogP contribution in [-0.2, 0) is 11.3 Å². The Morgan fingerprint density at radius 3 is 2.70 bits per heavy atom. The van der Waals surface area contributed by atoms with Gasteiger partial charge in [0.25, 0.3) is 5.91 Å². The topological polar surface area (TPSA) is 105 Å². The minimum absolute atomic E-state index is 0.00104. The van der Waals surface area contributed by atoms with Gasteiger partial charge < -0.3 is 20.7 Å². The molecule has 0 aliphatic carbocycles. The van der Waals surface area contributed by atoms with E-state index in [1.807, 2.05) is 34.6 Å². The van der Waals surface area contributed by atoms with E-state index in [-0.39, 0.29) is 24.5 Å².